The van der Waals surface area contributed by atoms with Crippen LogP contribution in [0.25, 0.3) is 11.0 Å². The van der Waals surface area contributed by atoms with Crippen LogP contribution in [0.15, 0.2) is 27.7 Å². The second kappa shape index (κ2) is 2.30. The average Bonchev–Trinajstić information content (AvgIpc) is 2.04. The van der Waals surface area contributed by atoms with Gasteiger partial charge in [0.1, 0.15) is 0 Å². The molecule has 0 atom stereocenters. The first kappa shape index (κ1) is 6.78. The molecule has 2 rings (SSSR count). The Kier molecular flexibility index (Phi) is 1.30. The molecule has 0 spiro atoms. The highest BCUT2D eigenvalue weighted by molar-refractivity contribution is 5.73. The Labute approximate surface area is 66.3 Å². The molecule has 0 amide bonds. The van der Waals surface area contributed by atoms with Gasteiger partial charge < -0.3 is 9.52 Å². The van der Waals surface area contributed by atoms with Crippen LogP contribution in [0.4, 0.5) is 0 Å². The molecule has 0 saturated carbocycles. The summed E-state index contributed by atoms with van der Waals surface area (Å²) in [5, 5.41) is 10.9. The molecule has 0 aromatic carbocycles. The van der Waals surface area contributed by atoms with Gasteiger partial charge in [-0.2, -0.15) is 4.98 Å². The Hall–Kier alpha value is -1.91. The largest absolute Gasteiger partial charge is 0.564 e. The smallest absolute Gasteiger partial charge is 0.280 e. The van der Waals surface area contributed by atoms with E-state index in [4.69, 9.17) is 0 Å². The summed E-state index contributed by atoms with van der Waals surface area (Å²) in [5.74, 6) is 0. The molecule has 0 N–H and O–H groups in total. The van der Waals surface area contributed by atoms with E-state index in [2.05, 4.69) is 14.4 Å². The van der Waals surface area contributed by atoms with Gasteiger partial charge in [-0.25, -0.2) is 0 Å². The van der Waals surface area contributed by atoms with Gasteiger partial charge in [0.05, 0.1) is 5.39 Å². The van der Waals surface area contributed by atoms with Crippen LogP contribution in [0.3, 0.4) is 0 Å². The van der Waals surface area contributed by atoms with Gasteiger partial charge in [-0.15, -0.1) is 0 Å². The minimum absolute atomic E-state index is 0.169. The molecule has 0 unspecified atom stereocenters. The van der Waals surface area contributed by atoms with Crippen LogP contribution in [0, 0.1) is 0 Å². The van der Waals surface area contributed by atoms with Gasteiger partial charge in [0.25, 0.3) is 5.56 Å². The van der Waals surface area contributed by atoms with E-state index in [9.17, 15) is 9.90 Å². The monoisotopic (exact) mass is 163 g/mol. The van der Waals surface area contributed by atoms with Crippen molar-refractivity contribution >= 4 is 11.0 Å². The number of aromatic nitrogens is 2. The van der Waals surface area contributed by atoms with E-state index in [-0.39, 0.29) is 11.0 Å². The van der Waals surface area contributed by atoms with Gasteiger partial charge in [-0.05, 0) is 6.07 Å². The van der Waals surface area contributed by atoms with Crippen LogP contribution in [-0.4, -0.2) is 9.97 Å². The number of hydrogen-bond donors (Lipinski definition) is 0. The SMILES string of the molecule is O=c1nc([O-])oc2cnccc12. The van der Waals surface area contributed by atoms with E-state index >= 15 is 0 Å². The fourth-order valence-electron chi connectivity index (χ4n) is 0.898. The van der Waals surface area contributed by atoms with Crippen LogP contribution < -0.4 is 10.7 Å². The van der Waals surface area contributed by atoms with Crippen LogP contribution in [-0.2, 0) is 0 Å². The van der Waals surface area contributed by atoms with Gasteiger partial charge in [0, 0.05) is 18.0 Å². The summed E-state index contributed by atoms with van der Waals surface area (Å²) in [5.41, 5.74) is -0.411. The third-order valence-electron chi connectivity index (χ3n) is 1.41. The summed E-state index contributed by atoms with van der Waals surface area (Å²) >= 11 is 0. The van der Waals surface area contributed by atoms with Crippen molar-refractivity contribution in [1.29, 1.82) is 0 Å². The zero-order valence-electron chi connectivity index (χ0n) is 5.85. The van der Waals surface area contributed by atoms with Crippen molar-refractivity contribution in [2.75, 3.05) is 0 Å². The highest BCUT2D eigenvalue weighted by Gasteiger charge is 1.95. The molecule has 0 fully saturated rings. The van der Waals surface area contributed by atoms with Crippen molar-refractivity contribution in [1.82, 2.24) is 9.97 Å². The van der Waals surface area contributed by atoms with Crippen LogP contribution in [0.1, 0.15) is 0 Å². The van der Waals surface area contributed by atoms with Gasteiger partial charge in [0.15, 0.2) is 6.08 Å². The van der Waals surface area contributed by atoms with E-state index in [1.54, 1.807) is 0 Å². The summed E-state index contributed by atoms with van der Waals surface area (Å²) in [4.78, 5) is 17.8. The minimum atomic E-state index is -0.888. The lowest BCUT2D eigenvalue weighted by atomic mass is 10.3. The topological polar surface area (TPSA) is 79.0 Å². The molecule has 0 bridgehead atoms. The van der Waals surface area contributed by atoms with E-state index in [1.165, 1.54) is 18.5 Å². The zero-order chi connectivity index (χ0) is 8.55. The lowest BCUT2D eigenvalue weighted by molar-refractivity contribution is -0.301. The Morgan fingerprint density at radius 3 is 3.17 bits per heavy atom. The number of rotatable bonds is 0. The second-order valence-corrected chi connectivity index (χ2v) is 2.16. The summed E-state index contributed by atoms with van der Waals surface area (Å²) in [6.45, 7) is 0. The van der Waals surface area contributed by atoms with Gasteiger partial charge >= 0.3 is 0 Å². The van der Waals surface area contributed by atoms with E-state index < -0.39 is 11.6 Å². The summed E-state index contributed by atoms with van der Waals surface area (Å²) < 4.78 is 4.61. The summed E-state index contributed by atoms with van der Waals surface area (Å²) in [6.07, 6.45) is 1.85. The normalized spacial score (nSPS) is 10.3. The Morgan fingerprint density at radius 2 is 2.33 bits per heavy atom. The molecule has 5 heteroatoms. The highest BCUT2D eigenvalue weighted by Crippen LogP contribution is 2.08. The van der Waals surface area contributed by atoms with Crippen molar-refractivity contribution in [2.45, 2.75) is 0 Å². The molecule has 5 nitrogen and oxygen atoms in total. The molecule has 0 saturated heterocycles. The van der Waals surface area contributed by atoms with Gasteiger partial charge in [0.2, 0.25) is 0 Å². The fourth-order valence-corrected chi connectivity index (χ4v) is 0.898. The molecular weight excluding hydrogens is 160 g/mol. The Morgan fingerprint density at radius 1 is 1.50 bits per heavy atom. The van der Waals surface area contributed by atoms with Crippen molar-refractivity contribution < 1.29 is 9.52 Å². The maximum atomic E-state index is 11.0. The Bertz CT molecular complexity index is 477. The first-order chi connectivity index (χ1) is 5.77. The van der Waals surface area contributed by atoms with Crippen molar-refractivity contribution in [3.63, 3.8) is 0 Å². The Balaban J connectivity index is 2.99. The van der Waals surface area contributed by atoms with E-state index in [1.807, 2.05) is 0 Å². The number of nitrogens with zero attached hydrogens (tertiary/aromatic N) is 2. The molecule has 12 heavy (non-hydrogen) atoms. The number of pyridine rings is 1. The first-order valence-electron chi connectivity index (χ1n) is 3.19. The maximum absolute atomic E-state index is 11.0. The molecule has 0 aliphatic heterocycles. The van der Waals surface area contributed by atoms with Crippen molar-refractivity contribution in [3.05, 3.63) is 28.8 Å². The molecule has 60 valence electrons. The predicted molar refractivity (Wildman–Crippen MR) is 37.5 cm³/mol. The lowest BCUT2D eigenvalue weighted by Crippen LogP contribution is -2.09. The van der Waals surface area contributed by atoms with Gasteiger partial charge in [-0.3, -0.25) is 9.78 Å². The third kappa shape index (κ3) is 0.914. The third-order valence-corrected chi connectivity index (χ3v) is 1.41. The van der Waals surface area contributed by atoms with E-state index in [0.29, 0.717) is 0 Å². The quantitative estimate of drug-likeness (QED) is 0.530. The van der Waals surface area contributed by atoms with Crippen LogP contribution in [0.5, 0.6) is 6.08 Å². The predicted octanol–water partition coefficient (Wildman–Crippen LogP) is -0.343. The maximum Gasteiger partial charge on any atom is 0.280 e. The zero-order valence-corrected chi connectivity index (χ0v) is 5.85. The second-order valence-electron chi connectivity index (χ2n) is 2.16. The summed E-state index contributed by atoms with van der Waals surface area (Å²) in [7, 11) is 0. The number of fused-ring (bicyclic) bond motifs is 1. The molecule has 2 heterocycles. The molecular formula is C7H3N2O3-. The fraction of sp³-hybridized carbons (Fsp3) is 0. The molecule has 0 aliphatic rings. The van der Waals surface area contributed by atoms with Crippen molar-refractivity contribution in [3.8, 4) is 6.08 Å². The van der Waals surface area contributed by atoms with Crippen molar-refractivity contribution in [2.24, 2.45) is 0 Å². The molecule has 2 aromatic rings. The molecule has 2 aromatic heterocycles. The summed E-state index contributed by atoms with van der Waals surface area (Å²) in [6, 6.07) is 1.45. The molecule has 0 radical (unpaired) electrons. The first-order valence-corrected chi connectivity index (χ1v) is 3.19. The lowest BCUT2D eigenvalue weighted by Gasteiger charge is -2.02. The van der Waals surface area contributed by atoms with Gasteiger partial charge in [-0.1, -0.05) is 0 Å². The van der Waals surface area contributed by atoms with Crippen LogP contribution >= 0.6 is 0 Å². The highest BCUT2D eigenvalue weighted by atomic mass is 16.5. The van der Waals surface area contributed by atoms with Crippen LogP contribution in [0.2, 0.25) is 0 Å². The molecule has 0 aliphatic carbocycles. The minimum Gasteiger partial charge on any atom is -0.564 e. The standard InChI is InChI=1S/C7H4N2O3/c10-6-4-1-2-8-3-5(4)12-7(11)9-6/h1-3H,(H,9,10,11)/p-1. The number of hydrogen-bond acceptors (Lipinski definition) is 5. The van der Waals surface area contributed by atoms with E-state index in [0.717, 1.165) is 0 Å². The average molecular weight is 163 g/mol.